The van der Waals surface area contributed by atoms with E-state index in [1.807, 2.05) is 6.92 Å². The molecule has 0 saturated carbocycles. The normalized spacial score (nSPS) is 13.2. The third-order valence-electron chi connectivity index (χ3n) is 3.02. The number of rotatable bonds is 7. The minimum Gasteiger partial charge on any atom is -0.326 e. The molecule has 0 aliphatic rings. The van der Waals surface area contributed by atoms with Crippen LogP contribution in [0, 0.1) is 5.92 Å². The van der Waals surface area contributed by atoms with Crippen molar-refractivity contribution in [1.29, 1.82) is 0 Å². The minimum atomic E-state index is -3.52. The first-order valence-electron chi connectivity index (χ1n) is 7.10. The first kappa shape index (κ1) is 17.7. The average molecular weight is 312 g/mol. The molecule has 1 unspecified atom stereocenters. The predicted octanol–water partition coefficient (Wildman–Crippen LogP) is 2.75. The zero-order valence-electron chi connectivity index (χ0n) is 13.0. The molecule has 1 aromatic carbocycles. The lowest BCUT2D eigenvalue weighted by Gasteiger charge is -2.15. The van der Waals surface area contributed by atoms with Crippen molar-refractivity contribution in [1.82, 2.24) is 4.72 Å². The number of carbonyl (C=O) groups excluding carboxylic acids is 1. The Morgan fingerprint density at radius 3 is 2.14 bits per heavy atom. The molecular formula is C15H24N2O3S. The van der Waals surface area contributed by atoms with Gasteiger partial charge in [0.15, 0.2) is 0 Å². The molecule has 5 nitrogen and oxygen atoms in total. The van der Waals surface area contributed by atoms with Gasteiger partial charge in [0.05, 0.1) is 4.90 Å². The Hall–Kier alpha value is -1.40. The third kappa shape index (κ3) is 6.27. The lowest BCUT2D eigenvalue weighted by atomic mass is 10.1. The van der Waals surface area contributed by atoms with Gasteiger partial charge >= 0.3 is 0 Å². The molecule has 2 N–H and O–H groups in total. The lowest BCUT2D eigenvalue weighted by Crippen LogP contribution is -2.32. The Balaban J connectivity index is 2.71. The number of anilines is 1. The van der Waals surface area contributed by atoms with Crippen molar-refractivity contribution in [2.75, 3.05) is 5.32 Å². The molecule has 0 bridgehead atoms. The van der Waals surface area contributed by atoms with Crippen molar-refractivity contribution in [2.24, 2.45) is 5.92 Å². The number of carbonyl (C=O) groups is 1. The molecule has 1 rings (SSSR count). The van der Waals surface area contributed by atoms with Crippen LogP contribution in [0.15, 0.2) is 29.2 Å². The van der Waals surface area contributed by atoms with Crippen molar-refractivity contribution in [2.45, 2.75) is 51.5 Å². The summed E-state index contributed by atoms with van der Waals surface area (Å²) in [6, 6.07) is 6.03. The van der Waals surface area contributed by atoms with Gasteiger partial charge in [0.1, 0.15) is 0 Å². The van der Waals surface area contributed by atoms with Gasteiger partial charge in [-0.15, -0.1) is 0 Å². The van der Waals surface area contributed by atoms with Gasteiger partial charge in [-0.2, -0.15) is 0 Å². The molecule has 0 spiro atoms. The molecule has 1 atom stereocenters. The Morgan fingerprint density at radius 1 is 1.10 bits per heavy atom. The zero-order valence-corrected chi connectivity index (χ0v) is 13.8. The van der Waals surface area contributed by atoms with E-state index in [1.165, 1.54) is 19.1 Å². The average Bonchev–Trinajstić information content (AvgIpc) is 2.35. The number of hydrogen-bond donors (Lipinski definition) is 2. The molecule has 0 radical (unpaired) electrons. The molecule has 1 amide bonds. The molecule has 0 heterocycles. The Labute approximate surface area is 127 Å². The molecular weight excluding hydrogens is 288 g/mol. The number of benzene rings is 1. The van der Waals surface area contributed by atoms with E-state index >= 15 is 0 Å². The Bertz CT molecular complexity index is 565. The van der Waals surface area contributed by atoms with Crippen LogP contribution in [-0.2, 0) is 14.8 Å². The van der Waals surface area contributed by atoms with Gasteiger partial charge in [-0.3, -0.25) is 4.79 Å². The smallest absolute Gasteiger partial charge is 0.240 e. The van der Waals surface area contributed by atoms with E-state index in [0.717, 1.165) is 12.8 Å². The second-order valence-corrected chi connectivity index (χ2v) is 7.41. The Kier molecular flexibility index (Phi) is 6.36. The minimum absolute atomic E-state index is 0.104. The molecule has 0 aromatic heterocycles. The Morgan fingerprint density at radius 2 is 1.67 bits per heavy atom. The van der Waals surface area contributed by atoms with Crippen LogP contribution in [0.5, 0.6) is 0 Å². The zero-order chi connectivity index (χ0) is 16.0. The number of amides is 1. The van der Waals surface area contributed by atoms with Gasteiger partial charge < -0.3 is 5.32 Å². The van der Waals surface area contributed by atoms with E-state index < -0.39 is 10.0 Å². The fourth-order valence-electron chi connectivity index (χ4n) is 1.90. The first-order valence-corrected chi connectivity index (χ1v) is 8.59. The van der Waals surface area contributed by atoms with E-state index in [4.69, 9.17) is 0 Å². The van der Waals surface area contributed by atoms with Gasteiger partial charge in [-0.1, -0.05) is 13.8 Å². The van der Waals surface area contributed by atoms with Crippen molar-refractivity contribution in [3.05, 3.63) is 24.3 Å². The summed E-state index contributed by atoms with van der Waals surface area (Å²) in [5, 5.41) is 2.60. The molecule has 0 fully saturated rings. The van der Waals surface area contributed by atoms with Gasteiger partial charge in [0.25, 0.3) is 0 Å². The van der Waals surface area contributed by atoms with E-state index in [0.29, 0.717) is 11.6 Å². The second-order valence-electron chi connectivity index (χ2n) is 5.70. The number of hydrogen-bond acceptors (Lipinski definition) is 3. The summed E-state index contributed by atoms with van der Waals surface area (Å²) in [5.74, 6) is 0.361. The summed E-state index contributed by atoms with van der Waals surface area (Å²) in [7, 11) is -3.52. The highest BCUT2D eigenvalue weighted by Crippen LogP contribution is 2.15. The van der Waals surface area contributed by atoms with Gasteiger partial charge in [-0.05, 0) is 49.9 Å². The van der Waals surface area contributed by atoms with Crippen LogP contribution >= 0.6 is 0 Å². The van der Waals surface area contributed by atoms with Crippen LogP contribution in [0.25, 0.3) is 0 Å². The quantitative estimate of drug-likeness (QED) is 0.813. The maximum atomic E-state index is 12.2. The fraction of sp³-hybridized carbons (Fsp3) is 0.533. The first-order chi connectivity index (χ1) is 9.70. The standard InChI is InChI=1S/C15H24N2O3S/c1-11(2)5-6-12(3)17-21(19,20)15-9-7-14(8-10-15)16-13(4)18/h7-12,17H,5-6H2,1-4H3,(H,16,18). The molecule has 0 saturated heterocycles. The topological polar surface area (TPSA) is 75.3 Å². The number of nitrogens with one attached hydrogen (secondary N) is 2. The van der Waals surface area contributed by atoms with Crippen molar-refractivity contribution in [3.8, 4) is 0 Å². The van der Waals surface area contributed by atoms with E-state index in [1.54, 1.807) is 12.1 Å². The molecule has 21 heavy (non-hydrogen) atoms. The maximum Gasteiger partial charge on any atom is 0.240 e. The SMILES string of the molecule is CC(=O)Nc1ccc(S(=O)(=O)NC(C)CCC(C)C)cc1. The molecule has 118 valence electrons. The van der Waals surface area contributed by atoms with Crippen LogP contribution in [0.1, 0.15) is 40.5 Å². The highest BCUT2D eigenvalue weighted by molar-refractivity contribution is 7.89. The monoisotopic (exact) mass is 312 g/mol. The second kappa shape index (κ2) is 7.56. The maximum absolute atomic E-state index is 12.2. The molecule has 0 aliphatic heterocycles. The van der Waals surface area contributed by atoms with Crippen LogP contribution in [-0.4, -0.2) is 20.4 Å². The fourth-order valence-corrected chi connectivity index (χ4v) is 3.17. The van der Waals surface area contributed by atoms with Gasteiger partial charge in [-0.25, -0.2) is 13.1 Å². The lowest BCUT2D eigenvalue weighted by molar-refractivity contribution is -0.114. The van der Waals surface area contributed by atoms with Crippen molar-refractivity contribution in [3.63, 3.8) is 0 Å². The molecule has 6 heteroatoms. The van der Waals surface area contributed by atoms with Crippen molar-refractivity contribution < 1.29 is 13.2 Å². The third-order valence-corrected chi connectivity index (χ3v) is 4.62. The summed E-state index contributed by atoms with van der Waals surface area (Å²) >= 11 is 0. The van der Waals surface area contributed by atoms with Gasteiger partial charge in [0, 0.05) is 18.7 Å². The van der Waals surface area contributed by atoms with Gasteiger partial charge in [0.2, 0.25) is 15.9 Å². The van der Waals surface area contributed by atoms with E-state index in [-0.39, 0.29) is 16.8 Å². The summed E-state index contributed by atoms with van der Waals surface area (Å²) < 4.78 is 27.1. The number of sulfonamides is 1. The van der Waals surface area contributed by atoms with Crippen LogP contribution in [0.4, 0.5) is 5.69 Å². The largest absolute Gasteiger partial charge is 0.326 e. The highest BCUT2D eigenvalue weighted by atomic mass is 32.2. The summed E-state index contributed by atoms with van der Waals surface area (Å²) in [6.07, 6.45) is 1.78. The molecule has 1 aromatic rings. The summed E-state index contributed by atoms with van der Waals surface area (Å²) in [6.45, 7) is 7.50. The summed E-state index contributed by atoms with van der Waals surface area (Å²) in [4.78, 5) is 11.1. The van der Waals surface area contributed by atoms with Crippen LogP contribution in [0.2, 0.25) is 0 Å². The van der Waals surface area contributed by atoms with Crippen LogP contribution in [0.3, 0.4) is 0 Å². The summed E-state index contributed by atoms with van der Waals surface area (Å²) in [5.41, 5.74) is 0.578. The van der Waals surface area contributed by atoms with Crippen molar-refractivity contribution >= 4 is 21.6 Å². The molecule has 0 aliphatic carbocycles. The van der Waals surface area contributed by atoms with Crippen LogP contribution < -0.4 is 10.0 Å². The van der Waals surface area contributed by atoms with E-state index in [9.17, 15) is 13.2 Å². The van der Waals surface area contributed by atoms with E-state index in [2.05, 4.69) is 23.9 Å². The predicted molar refractivity (Wildman–Crippen MR) is 84.6 cm³/mol. The highest BCUT2D eigenvalue weighted by Gasteiger charge is 2.17.